The van der Waals surface area contributed by atoms with Crippen LogP contribution in [0.2, 0.25) is 0 Å². The molecule has 5 nitrogen and oxygen atoms in total. The van der Waals surface area contributed by atoms with Crippen LogP contribution in [0.3, 0.4) is 0 Å². The summed E-state index contributed by atoms with van der Waals surface area (Å²) in [5.41, 5.74) is 6.36. The van der Waals surface area contributed by atoms with E-state index in [1.54, 1.807) is 6.92 Å². The number of benzene rings is 1. The number of H-pyrrole nitrogens is 1. The van der Waals surface area contributed by atoms with Gasteiger partial charge in [-0.1, -0.05) is 0 Å². The molecule has 94 valence electrons. The Kier molecular flexibility index (Phi) is 2.97. The van der Waals surface area contributed by atoms with Crippen molar-refractivity contribution in [3.8, 4) is 0 Å². The minimum atomic E-state index is -0.827. The molecule has 0 unspecified atom stereocenters. The number of nitrogens with one attached hydrogen (secondary N) is 2. The van der Waals surface area contributed by atoms with E-state index in [0.29, 0.717) is 11.8 Å². The first-order valence-corrected chi connectivity index (χ1v) is 5.05. The highest BCUT2D eigenvalue weighted by Crippen LogP contribution is 2.19. The van der Waals surface area contributed by atoms with Gasteiger partial charge < -0.3 is 11.1 Å². The zero-order chi connectivity index (χ0) is 13.3. The number of hydrogen-bond donors (Lipinski definition) is 3. The molecule has 0 radical (unpaired) electrons. The van der Waals surface area contributed by atoms with Gasteiger partial charge in [0.1, 0.15) is 11.6 Å². The number of hydrogen-bond acceptors (Lipinski definition) is 3. The summed E-state index contributed by atoms with van der Waals surface area (Å²) in [6.07, 6.45) is 0. The number of nitrogen functional groups attached to an aromatic ring is 1. The number of aromatic amines is 1. The van der Waals surface area contributed by atoms with E-state index in [0.717, 1.165) is 12.1 Å². The number of aryl methyl sites for hydroxylation is 1. The van der Waals surface area contributed by atoms with Crippen molar-refractivity contribution in [2.45, 2.75) is 6.92 Å². The maximum atomic E-state index is 12.9. The molecule has 18 heavy (non-hydrogen) atoms. The summed E-state index contributed by atoms with van der Waals surface area (Å²) in [6.45, 7) is 1.68. The quantitative estimate of drug-likeness (QED) is 0.762. The van der Waals surface area contributed by atoms with Gasteiger partial charge in [0.05, 0.1) is 11.4 Å². The molecule has 0 aliphatic rings. The Labute approximate surface area is 101 Å². The maximum Gasteiger partial charge on any atom is 0.257 e. The summed E-state index contributed by atoms with van der Waals surface area (Å²) in [7, 11) is 0. The Morgan fingerprint density at radius 3 is 2.44 bits per heavy atom. The summed E-state index contributed by atoms with van der Waals surface area (Å²) in [5, 5.41) is 8.70. The summed E-state index contributed by atoms with van der Waals surface area (Å²) < 4.78 is 25.9. The highest BCUT2D eigenvalue weighted by atomic mass is 19.1. The lowest BCUT2D eigenvalue weighted by Gasteiger charge is -2.03. The molecule has 7 heteroatoms. The van der Waals surface area contributed by atoms with Crippen molar-refractivity contribution in [3.05, 3.63) is 41.1 Å². The van der Waals surface area contributed by atoms with Crippen molar-refractivity contribution < 1.29 is 13.6 Å². The lowest BCUT2D eigenvalue weighted by atomic mass is 10.2. The smallest absolute Gasteiger partial charge is 0.257 e. The molecule has 4 N–H and O–H groups in total. The predicted molar refractivity (Wildman–Crippen MR) is 62.0 cm³/mol. The third-order valence-corrected chi connectivity index (χ3v) is 2.35. The minimum Gasteiger partial charge on any atom is -0.394 e. The molecule has 0 atom stereocenters. The van der Waals surface area contributed by atoms with Crippen molar-refractivity contribution in [2.75, 3.05) is 11.1 Å². The van der Waals surface area contributed by atoms with E-state index in [2.05, 4.69) is 15.5 Å². The Morgan fingerprint density at radius 2 is 1.94 bits per heavy atom. The standard InChI is InChI=1S/C11H10F2N4O/c1-5-9(14)10(17-16-5)15-11(18)6-2-7(12)4-8(13)3-6/h2-4H,14H2,1H3,(H2,15,16,17,18). The number of carbonyl (C=O) groups is 1. The lowest BCUT2D eigenvalue weighted by molar-refractivity contribution is 0.102. The number of anilines is 2. The topological polar surface area (TPSA) is 83.8 Å². The number of halogens is 2. The zero-order valence-corrected chi connectivity index (χ0v) is 9.42. The van der Waals surface area contributed by atoms with Gasteiger partial charge in [0.15, 0.2) is 5.82 Å². The largest absolute Gasteiger partial charge is 0.394 e. The van der Waals surface area contributed by atoms with E-state index >= 15 is 0 Å². The van der Waals surface area contributed by atoms with Crippen molar-refractivity contribution in [1.82, 2.24) is 10.2 Å². The number of nitrogens with two attached hydrogens (primary N) is 1. The molecule has 1 aromatic heterocycles. The average molecular weight is 252 g/mol. The molecule has 0 saturated heterocycles. The predicted octanol–water partition coefficient (Wildman–Crippen LogP) is 1.83. The fourth-order valence-corrected chi connectivity index (χ4v) is 1.40. The third kappa shape index (κ3) is 2.29. The van der Waals surface area contributed by atoms with Crippen molar-refractivity contribution >= 4 is 17.4 Å². The van der Waals surface area contributed by atoms with Crippen molar-refractivity contribution in [2.24, 2.45) is 0 Å². The lowest BCUT2D eigenvalue weighted by Crippen LogP contribution is -2.14. The van der Waals surface area contributed by atoms with Crippen LogP contribution >= 0.6 is 0 Å². The third-order valence-electron chi connectivity index (χ3n) is 2.35. The van der Waals surface area contributed by atoms with Gasteiger partial charge >= 0.3 is 0 Å². The number of amides is 1. The molecule has 0 bridgehead atoms. The van der Waals surface area contributed by atoms with Crippen LogP contribution in [0.25, 0.3) is 0 Å². The summed E-state index contributed by atoms with van der Waals surface area (Å²) in [5.74, 6) is -2.22. The van der Waals surface area contributed by atoms with Crippen LogP contribution in [0.5, 0.6) is 0 Å². The highest BCUT2D eigenvalue weighted by Gasteiger charge is 2.13. The van der Waals surface area contributed by atoms with E-state index in [1.165, 1.54) is 0 Å². The van der Waals surface area contributed by atoms with Gasteiger partial charge in [-0.15, -0.1) is 0 Å². The first-order valence-electron chi connectivity index (χ1n) is 5.05. The molecular weight excluding hydrogens is 242 g/mol. The van der Waals surface area contributed by atoms with E-state index in [-0.39, 0.29) is 17.1 Å². The second-order valence-electron chi connectivity index (χ2n) is 3.72. The van der Waals surface area contributed by atoms with Gasteiger partial charge in [0, 0.05) is 11.6 Å². The molecular formula is C11H10F2N4O. The van der Waals surface area contributed by atoms with Gasteiger partial charge in [0.25, 0.3) is 5.91 Å². The molecule has 1 heterocycles. The van der Waals surface area contributed by atoms with Gasteiger partial charge in [-0.3, -0.25) is 9.89 Å². The Bertz CT molecular complexity index is 589. The van der Waals surface area contributed by atoms with Gasteiger partial charge in [0.2, 0.25) is 0 Å². The number of carbonyl (C=O) groups excluding carboxylic acids is 1. The van der Waals surface area contributed by atoms with Gasteiger partial charge in [-0.05, 0) is 19.1 Å². The van der Waals surface area contributed by atoms with E-state index in [1.807, 2.05) is 0 Å². The first-order chi connectivity index (χ1) is 8.47. The Hall–Kier alpha value is -2.44. The summed E-state index contributed by atoms with van der Waals surface area (Å²) in [4.78, 5) is 11.7. The number of nitrogens with zero attached hydrogens (tertiary/aromatic N) is 1. The number of rotatable bonds is 2. The van der Waals surface area contributed by atoms with E-state index in [9.17, 15) is 13.6 Å². The Balaban J connectivity index is 2.24. The summed E-state index contributed by atoms with van der Waals surface area (Å²) >= 11 is 0. The zero-order valence-electron chi connectivity index (χ0n) is 9.42. The molecule has 1 amide bonds. The first kappa shape index (κ1) is 12.0. The molecule has 2 rings (SSSR count). The molecule has 0 aliphatic carbocycles. The van der Waals surface area contributed by atoms with Crippen LogP contribution in [-0.4, -0.2) is 16.1 Å². The second-order valence-corrected chi connectivity index (χ2v) is 3.72. The normalized spacial score (nSPS) is 10.4. The van der Waals surface area contributed by atoms with E-state index < -0.39 is 17.5 Å². The summed E-state index contributed by atoms with van der Waals surface area (Å²) in [6, 6.07) is 2.53. The Morgan fingerprint density at radius 1 is 1.33 bits per heavy atom. The molecule has 0 spiro atoms. The molecule has 0 saturated carbocycles. The molecule has 0 fully saturated rings. The van der Waals surface area contributed by atoms with Gasteiger partial charge in [-0.25, -0.2) is 8.78 Å². The number of aromatic nitrogens is 2. The highest BCUT2D eigenvalue weighted by molar-refractivity contribution is 6.05. The minimum absolute atomic E-state index is 0.127. The van der Waals surface area contributed by atoms with Crippen molar-refractivity contribution in [1.29, 1.82) is 0 Å². The van der Waals surface area contributed by atoms with E-state index in [4.69, 9.17) is 5.73 Å². The molecule has 1 aromatic carbocycles. The molecule has 2 aromatic rings. The monoisotopic (exact) mass is 252 g/mol. The average Bonchev–Trinajstić information content (AvgIpc) is 2.59. The van der Waals surface area contributed by atoms with Crippen LogP contribution < -0.4 is 11.1 Å². The maximum absolute atomic E-state index is 12.9. The van der Waals surface area contributed by atoms with Crippen LogP contribution in [0.1, 0.15) is 16.1 Å². The van der Waals surface area contributed by atoms with Crippen molar-refractivity contribution in [3.63, 3.8) is 0 Å². The fourth-order valence-electron chi connectivity index (χ4n) is 1.40. The van der Waals surface area contributed by atoms with Crippen LogP contribution in [0.15, 0.2) is 18.2 Å². The van der Waals surface area contributed by atoms with Crippen LogP contribution in [0.4, 0.5) is 20.3 Å². The second kappa shape index (κ2) is 4.44. The van der Waals surface area contributed by atoms with Crippen LogP contribution in [0, 0.1) is 18.6 Å². The van der Waals surface area contributed by atoms with Crippen LogP contribution in [-0.2, 0) is 0 Å². The SMILES string of the molecule is Cc1[nH]nc(NC(=O)c2cc(F)cc(F)c2)c1N. The molecule has 0 aliphatic heterocycles. The fraction of sp³-hybridized carbons (Fsp3) is 0.0909. The van der Waals surface area contributed by atoms with Gasteiger partial charge in [-0.2, -0.15) is 5.10 Å².